The van der Waals surface area contributed by atoms with Crippen molar-refractivity contribution in [3.05, 3.63) is 51.7 Å². The molecule has 4 aromatic heterocycles. The molecule has 0 amide bonds. The third-order valence-corrected chi connectivity index (χ3v) is 4.80. The number of hydrogen-bond donors (Lipinski definition) is 0. The second kappa shape index (κ2) is 6.01. The average Bonchev–Trinajstić information content (AvgIpc) is 3.08. The SMILES string of the molecule is Clc1ccnc2sccc12.Clc1ncnc2sccc12. The van der Waals surface area contributed by atoms with E-state index >= 15 is 0 Å². The van der Waals surface area contributed by atoms with Crippen LogP contribution in [-0.4, -0.2) is 15.0 Å². The first-order valence-corrected chi connectivity index (χ1v) is 8.08. The Morgan fingerprint density at radius 1 is 0.800 bits per heavy atom. The summed E-state index contributed by atoms with van der Waals surface area (Å²) in [5.41, 5.74) is 0. The van der Waals surface area contributed by atoms with Crippen LogP contribution in [0, 0.1) is 0 Å². The summed E-state index contributed by atoms with van der Waals surface area (Å²) < 4.78 is 0. The molecular weight excluding hydrogens is 333 g/mol. The zero-order chi connectivity index (χ0) is 13.9. The van der Waals surface area contributed by atoms with Crippen molar-refractivity contribution in [1.29, 1.82) is 0 Å². The van der Waals surface area contributed by atoms with E-state index in [0.29, 0.717) is 5.15 Å². The molecule has 0 bridgehead atoms. The summed E-state index contributed by atoms with van der Waals surface area (Å²) in [7, 11) is 0. The number of aromatic nitrogens is 3. The normalized spacial score (nSPS) is 10.5. The Hall–Kier alpha value is -1.27. The summed E-state index contributed by atoms with van der Waals surface area (Å²) in [6.07, 6.45) is 3.20. The zero-order valence-corrected chi connectivity index (χ0v) is 13.1. The van der Waals surface area contributed by atoms with Gasteiger partial charge in [0.05, 0.1) is 5.02 Å². The molecule has 0 spiro atoms. The van der Waals surface area contributed by atoms with Crippen LogP contribution in [0.1, 0.15) is 0 Å². The lowest BCUT2D eigenvalue weighted by atomic mass is 10.3. The van der Waals surface area contributed by atoms with Crippen LogP contribution in [0.2, 0.25) is 10.2 Å². The van der Waals surface area contributed by atoms with Crippen LogP contribution in [-0.2, 0) is 0 Å². The van der Waals surface area contributed by atoms with Crippen molar-refractivity contribution in [3.8, 4) is 0 Å². The Labute approximate surface area is 132 Å². The molecule has 0 saturated carbocycles. The van der Waals surface area contributed by atoms with E-state index in [4.69, 9.17) is 23.2 Å². The minimum atomic E-state index is 0.534. The summed E-state index contributed by atoms with van der Waals surface area (Å²) in [4.78, 5) is 14.0. The van der Waals surface area contributed by atoms with Crippen molar-refractivity contribution in [1.82, 2.24) is 15.0 Å². The highest BCUT2D eigenvalue weighted by Crippen LogP contribution is 2.25. The fourth-order valence-electron chi connectivity index (χ4n) is 1.60. The molecule has 4 rings (SSSR count). The van der Waals surface area contributed by atoms with E-state index in [1.165, 1.54) is 6.33 Å². The van der Waals surface area contributed by atoms with Crippen molar-refractivity contribution in [2.75, 3.05) is 0 Å². The van der Waals surface area contributed by atoms with Gasteiger partial charge in [-0.15, -0.1) is 22.7 Å². The fraction of sp³-hybridized carbons (Fsp3) is 0. The second-order valence-electron chi connectivity index (χ2n) is 3.74. The van der Waals surface area contributed by atoms with Crippen LogP contribution in [0.5, 0.6) is 0 Å². The Bertz CT molecular complexity index is 785. The third-order valence-electron chi connectivity index (χ3n) is 2.53. The molecule has 20 heavy (non-hydrogen) atoms. The molecule has 0 aliphatic heterocycles. The van der Waals surface area contributed by atoms with Crippen LogP contribution in [0.3, 0.4) is 0 Å². The van der Waals surface area contributed by atoms with Crippen molar-refractivity contribution < 1.29 is 0 Å². The number of halogens is 2. The molecule has 0 aliphatic rings. The molecule has 0 aliphatic carbocycles. The van der Waals surface area contributed by atoms with Gasteiger partial charge in [0.15, 0.2) is 0 Å². The molecule has 7 heteroatoms. The van der Waals surface area contributed by atoms with Gasteiger partial charge >= 0.3 is 0 Å². The lowest BCUT2D eigenvalue weighted by Gasteiger charge is -1.88. The van der Waals surface area contributed by atoms with Gasteiger partial charge in [0, 0.05) is 17.0 Å². The van der Waals surface area contributed by atoms with Crippen LogP contribution < -0.4 is 0 Å². The van der Waals surface area contributed by atoms with E-state index in [0.717, 1.165) is 25.5 Å². The van der Waals surface area contributed by atoms with E-state index in [-0.39, 0.29) is 0 Å². The number of pyridine rings is 1. The third kappa shape index (κ3) is 2.76. The monoisotopic (exact) mass is 339 g/mol. The molecule has 0 saturated heterocycles. The van der Waals surface area contributed by atoms with E-state index in [2.05, 4.69) is 15.0 Å². The highest BCUT2D eigenvalue weighted by Gasteiger charge is 1.99. The fourth-order valence-corrected chi connectivity index (χ4v) is 3.61. The van der Waals surface area contributed by atoms with Crippen molar-refractivity contribution in [2.45, 2.75) is 0 Å². The molecule has 0 atom stereocenters. The summed E-state index contributed by atoms with van der Waals surface area (Å²) in [5, 5.41) is 7.25. The van der Waals surface area contributed by atoms with E-state index in [9.17, 15) is 0 Å². The summed E-state index contributed by atoms with van der Waals surface area (Å²) >= 11 is 14.8. The van der Waals surface area contributed by atoms with Gasteiger partial charge in [-0.05, 0) is 29.0 Å². The maximum Gasteiger partial charge on any atom is 0.141 e. The molecule has 0 unspecified atom stereocenters. The zero-order valence-electron chi connectivity index (χ0n) is 9.96. The first-order chi connectivity index (χ1) is 9.75. The summed E-state index contributed by atoms with van der Waals surface area (Å²) in [6.45, 7) is 0. The predicted molar refractivity (Wildman–Crippen MR) is 87.1 cm³/mol. The molecule has 0 fully saturated rings. The highest BCUT2D eigenvalue weighted by atomic mass is 35.5. The van der Waals surface area contributed by atoms with Crippen LogP contribution in [0.25, 0.3) is 20.4 Å². The summed E-state index contributed by atoms with van der Waals surface area (Å²) in [5.74, 6) is 0. The van der Waals surface area contributed by atoms with Gasteiger partial charge in [-0.2, -0.15) is 0 Å². The summed E-state index contributed by atoms with van der Waals surface area (Å²) in [6, 6.07) is 5.70. The molecule has 4 heterocycles. The van der Waals surface area contributed by atoms with Gasteiger partial charge in [0.25, 0.3) is 0 Å². The van der Waals surface area contributed by atoms with E-state index in [1.54, 1.807) is 34.9 Å². The maximum absolute atomic E-state index is 5.87. The standard InChI is InChI=1S/C7H4ClNS.C6H3ClN2S/c8-6-1-3-9-7-5(6)2-4-10-7;7-5-4-1-2-10-6(4)9-3-8-5/h1-4H;1-3H. The Morgan fingerprint density at radius 2 is 1.50 bits per heavy atom. The number of nitrogens with zero attached hydrogens (tertiary/aromatic N) is 3. The lowest BCUT2D eigenvalue weighted by Crippen LogP contribution is -1.76. The molecule has 0 N–H and O–H groups in total. The molecule has 0 aromatic carbocycles. The number of hydrogen-bond acceptors (Lipinski definition) is 5. The van der Waals surface area contributed by atoms with Gasteiger partial charge in [0.1, 0.15) is 21.1 Å². The van der Waals surface area contributed by atoms with Gasteiger partial charge in [-0.25, -0.2) is 15.0 Å². The highest BCUT2D eigenvalue weighted by molar-refractivity contribution is 7.17. The first kappa shape index (κ1) is 13.7. The Balaban J connectivity index is 0.000000121. The smallest absolute Gasteiger partial charge is 0.141 e. The van der Waals surface area contributed by atoms with Crippen molar-refractivity contribution in [2.24, 2.45) is 0 Å². The Morgan fingerprint density at radius 3 is 2.20 bits per heavy atom. The molecule has 4 aromatic rings. The van der Waals surface area contributed by atoms with Gasteiger partial charge in [-0.1, -0.05) is 23.2 Å². The predicted octanol–water partition coefficient (Wildman–Crippen LogP) is 5.29. The number of rotatable bonds is 0. The van der Waals surface area contributed by atoms with Gasteiger partial charge < -0.3 is 0 Å². The average molecular weight is 340 g/mol. The number of fused-ring (bicyclic) bond motifs is 2. The molecule has 100 valence electrons. The quantitative estimate of drug-likeness (QED) is 0.408. The molecule has 0 radical (unpaired) electrons. The topological polar surface area (TPSA) is 38.7 Å². The number of thiophene rings is 2. The van der Waals surface area contributed by atoms with Crippen LogP contribution in [0.15, 0.2) is 41.5 Å². The van der Waals surface area contributed by atoms with Crippen molar-refractivity contribution >= 4 is 66.3 Å². The first-order valence-electron chi connectivity index (χ1n) is 5.57. The van der Waals surface area contributed by atoms with Crippen LogP contribution >= 0.6 is 45.9 Å². The lowest BCUT2D eigenvalue weighted by molar-refractivity contribution is 1.23. The van der Waals surface area contributed by atoms with E-state index < -0.39 is 0 Å². The van der Waals surface area contributed by atoms with Gasteiger partial charge in [-0.3, -0.25) is 0 Å². The molecule has 3 nitrogen and oxygen atoms in total. The van der Waals surface area contributed by atoms with Crippen LogP contribution in [0.4, 0.5) is 0 Å². The minimum absolute atomic E-state index is 0.534. The minimum Gasteiger partial charge on any atom is -0.245 e. The molecular formula is C13H7Cl2N3S2. The Kier molecular flexibility index (Phi) is 4.12. The largest absolute Gasteiger partial charge is 0.245 e. The van der Waals surface area contributed by atoms with Crippen molar-refractivity contribution in [3.63, 3.8) is 0 Å². The van der Waals surface area contributed by atoms with Gasteiger partial charge in [0.2, 0.25) is 0 Å². The maximum atomic E-state index is 5.87. The van der Waals surface area contributed by atoms with E-state index in [1.807, 2.05) is 22.9 Å². The second-order valence-corrected chi connectivity index (χ2v) is 6.29.